The van der Waals surface area contributed by atoms with Gasteiger partial charge in [0.25, 0.3) is 0 Å². The van der Waals surface area contributed by atoms with Crippen molar-refractivity contribution in [1.82, 2.24) is 0 Å². The lowest BCUT2D eigenvalue weighted by atomic mass is 9.81. The monoisotopic (exact) mass is 205 g/mol. The number of carboxylic acids is 1. The Kier molecular flexibility index (Phi) is 2.00. The van der Waals surface area contributed by atoms with Gasteiger partial charge in [-0.3, -0.25) is 4.99 Å². The Morgan fingerprint density at radius 3 is 3.00 bits per heavy atom. The largest absolute Gasteiger partial charge is 0.507 e. The average Bonchev–Trinajstić information content (AvgIpc) is 2.17. The van der Waals surface area contributed by atoms with Crippen LogP contribution in [0.4, 0.5) is 0 Å². The summed E-state index contributed by atoms with van der Waals surface area (Å²) >= 11 is 0. The average molecular weight is 205 g/mol. The highest BCUT2D eigenvalue weighted by Gasteiger charge is 2.36. The van der Waals surface area contributed by atoms with Crippen molar-refractivity contribution >= 4 is 12.2 Å². The first-order chi connectivity index (χ1) is 7.04. The number of aliphatic carboxylic acids is 1. The van der Waals surface area contributed by atoms with Crippen molar-refractivity contribution in [3.8, 4) is 0 Å². The molecule has 2 N–H and O–H groups in total. The predicted octanol–water partition coefficient (Wildman–Crippen LogP) is 1.61. The van der Waals surface area contributed by atoms with Gasteiger partial charge in [0, 0.05) is 11.8 Å². The van der Waals surface area contributed by atoms with Crippen LogP contribution in [0.25, 0.3) is 0 Å². The summed E-state index contributed by atoms with van der Waals surface area (Å²) in [6.07, 6.45) is 7.35. The van der Waals surface area contributed by atoms with Crippen molar-refractivity contribution in [2.45, 2.75) is 18.9 Å². The Hall–Kier alpha value is -1.84. The van der Waals surface area contributed by atoms with E-state index < -0.39 is 11.5 Å². The quantitative estimate of drug-likeness (QED) is 0.683. The van der Waals surface area contributed by atoms with Crippen molar-refractivity contribution in [1.29, 1.82) is 0 Å². The number of carbonyl (C=O) groups is 1. The predicted molar refractivity (Wildman–Crippen MR) is 56.0 cm³/mol. The number of hydrogen-bond donors (Lipinski definition) is 2. The molecule has 1 heterocycles. The Bertz CT molecular complexity index is 443. The lowest BCUT2D eigenvalue weighted by Gasteiger charge is -2.31. The summed E-state index contributed by atoms with van der Waals surface area (Å²) in [5.41, 5.74) is -0.0865. The number of rotatable bonds is 1. The number of hydrogen-bond acceptors (Lipinski definition) is 3. The number of dihydropyridines is 1. The summed E-state index contributed by atoms with van der Waals surface area (Å²) in [4.78, 5) is 15.0. The van der Waals surface area contributed by atoms with Gasteiger partial charge in [0.15, 0.2) is 0 Å². The maximum atomic E-state index is 10.8. The van der Waals surface area contributed by atoms with E-state index in [9.17, 15) is 9.90 Å². The molecule has 1 aliphatic carbocycles. The molecule has 4 heteroatoms. The number of allylic oxidation sites excluding steroid dienone is 2. The molecular weight excluding hydrogens is 194 g/mol. The molecule has 0 spiro atoms. The fourth-order valence-corrected chi connectivity index (χ4v) is 1.78. The molecule has 0 aromatic carbocycles. The molecule has 78 valence electrons. The molecule has 0 radical (unpaired) electrons. The Morgan fingerprint density at radius 1 is 1.60 bits per heavy atom. The zero-order valence-electron chi connectivity index (χ0n) is 8.27. The molecule has 0 aromatic rings. The molecule has 1 aliphatic heterocycles. The van der Waals surface area contributed by atoms with Crippen molar-refractivity contribution < 1.29 is 15.0 Å². The van der Waals surface area contributed by atoms with Crippen LogP contribution in [0.3, 0.4) is 0 Å². The van der Waals surface area contributed by atoms with E-state index >= 15 is 0 Å². The molecule has 15 heavy (non-hydrogen) atoms. The van der Waals surface area contributed by atoms with Crippen LogP contribution in [0, 0.1) is 0 Å². The van der Waals surface area contributed by atoms with E-state index in [2.05, 4.69) is 4.99 Å². The van der Waals surface area contributed by atoms with Gasteiger partial charge in [-0.25, -0.2) is 4.79 Å². The fourth-order valence-electron chi connectivity index (χ4n) is 1.78. The van der Waals surface area contributed by atoms with E-state index in [0.29, 0.717) is 12.0 Å². The minimum atomic E-state index is -1.16. The molecule has 1 atom stereocenters. The number of fused-ring (bicyclic) bond motifs is 1. The summed E-state index contributed by atoms with van der Waals surface area (Å²) in [5.74, 6) is -1.34. The number of aliphatic hydroxyl groups excluding tert-OH is 1. The number of aliphatic imine (C=N–C) groups is 1. The van der Waals surface area contributed by atoms with Gasteiger partial charge >= 0.3 is 5.97 Å². The van der Waals surface area contributed by atoms with Crippen LogP contribution in [-0.4, -0.2) is 27.9 Å². The molecule has 2 rings (SSSR count). The second-order valence-electron chi connectivity index (χ2n) is 3.81. The van der Waals surface area contributed by atoms with Crippen LogP contribution in [-0.2, 0) is 4.79 Å². The molecule has 1 unspecified atom stereocenters. The van der Waals surface area contributed by atoms with Crippen LogP contribution in [0.2, 0.25) is 0 Å². The van der Waals surface area contributed by atoms with E-state index in [0.717, 1.165) is 0 Å². The van der Waals surface area contributed by atoms with Gasteiger partial charge in [0.05, 0.1) is 5.54 Å². The van der Waals surface area contributed by atoms with Crippen LogP contribution in [0.15, 0.2) is 40.1 Å². The highest BCUT2D eigenvalue weighted by atomic mass is 16.4. The first-order valence-corrected chi connectivity index (χ1v) is 4.64. The second kappa shape index (κ2) is 3.08. The second-order valence-corrected chi connectivity index (χ2v) is 3.81. The molecular formula is C11H11NO3. The van der Waals surface area contributed by atoms with Crippen molar-refractivity contribution in [3.05, 3.63) is 35.1 Å². The van der Waals surface area contributed by atoms with Gasteiger partial charge in [0.1, 0.15) is 11.3 Å². The molecule has 2 aliphatic rings. The van der Waals surface area contributed by atoms with Gasteiger partial charge in [-0.1, -0.05) is 18.2 Å². The summed E-state index contributed by atoms with van der Waals surface area (Å²) in [7, 11) is 0. The number of aliphatic hydroxyl groups is 1. The van der Waals surface area contributed by atoms with Crippen molar-refractivity contribution in [3.63, 3.8) is 0 Å². The van der Waals surface area contributed by atoms with E-state index in [1.807, 2.05) is 13.0 Å². The molecule has 0 saturated carbocycles. The van der Waals surface area contributed by atoms with Gasteiger partial charge in [-0.05, 0) is 13.3 Å². The lowest BCUT2D eigenvalue weighted by Crippen LogP contribution is -2.32. The smallest absolute Gasteiger partial charge is 0.341 e. The van der Waals surface area contributed by atoms with E-state index in [4.69, 9.17) is 5.11 Å². The zero-order valence-corrected chi connectivity index (χ0v) is 8.27. The molecule has 0 fully saturated rings. The summed E-state index contributed by atoms with van der Waals surface area (Å²) in [6.45, 7) is 1.87. The van der Waals surface area contributed by atoms with Crippen LogP contribution in [0.5, 0.6) is 0 Å². The minimum Gasteiger partial charge on any atom is -0.507 e. The Balaban J connectivity index is 2.55. The topological polar surface area (TPSA) is 69.9 Å². The Morgan fingerprint density at radius 2 is 2.33 bits per heavy atom. The van der Waals surface area contributed by atoms with Gasteiger partial charge in [-0.2, -0.15) is 0 Å². The van der Waals surface area contributed by atoms with Crippen molar-refractivity contribution in [2.75, 3.05) is 0 Å². The molecule has 0 aromatic heterocycles. The molecule has 0 amide bonds. The third kappa shape index (κ3) is 1.38. The summed E-state index contributed by atoms with van der Waals surface area (Å²) in [6, 6.07) is 0. The number of carboxylic acid groups (broad SMARTS) is 1. The van der Waals surface area contributed by atoms with Crippen LogP contribution in [0.1, 0.15) is 13.3 Å². The number of nitrogens with zero attached hydrogens (tertiary/aromatic N) is 1. The van der Waals surface area contributed by atoms with E-state index in [1.165, 1.54) is 6.21 Å². The highest BCUT2D eigenvalue weighted by Crippen LogP contribution is 2.36. The first-order valence-electron chi connectivity index (χ1n) is 4.64. The zero-order chi connectivity index (χ0) is 11.1. The Labute approximate surface area is 87.0 Å². The summed E-state index contributed by atoms with van der Waals surface area (Å²) in [5, 5.41) is 18.6. The maximum Gasteiger partial charge on any atom is 0.341 e. The lowest BCUT2D eigenvalue weighted by molar-refractivity contribution is -0.132. The van der Waals surface area contributed by atoms with Crippen LogP contribution >= 0.6 is 0 Å². The third-order valence-corrected chi connectivity index (χ3v) is 2.71. The molecule has 0 saturated heterocycles. The van der Waals surface area contributed by atoms with Gasteiger partial charge in [0.2, 0.25) is 0 Å². The van der Waals surface area contributed by atoms with Crippen molar-refractivity contribution in [2.24, 2.45) is 4.99 Å². The van der Waals surface area contributed by atoms with Gasteiger partial charge in [-0.15, -0.1) is 0 Å². The van der Waals surface area contributed by atoms with E-state index in [-0.39, 0.29) is 11.3 Å². The van der Waals surface area contributed by atoms with Gasteiger partial charge < -0.3 is 10.2 Å². The molecule has 0 bridgehead atoms. The first kappa shape index (κ1) is 9.71. The molecule has 4 nitrogen and oxygen atoms in total. The minimum absolute atomic E-state index is 0.144. The highest BCUT2D eigenvalue weighted by molar-refractivity contribution is 6.10. The maximum absolute atomic E-state index is 10.8. The fraction of sp³-hybridized carbons (Fsp3) is 0.273. The van der Waals surface area contributed by atoms with Crippen LogP contribution < -0.4 is 0 Å². The summed E-state index contributed by atoms with van der Waals surface area (Å²) < 4.78 is 0. The van der Waals surface area contributed by atoms with E-state index in [1.54, 1.807) is 12.2 Å². The standard InChI is InChI=1S/C11H11NO3/c1-11-5-3-2-4-8(11)9(13)7(6-12-11)10(14)15/h2-4,6,13H,5H2,1H3,(H,14,15). The SMILES string of the molecule is CC12CC=CC=C1C(O)=C(C(=O)O)C=N2. The normalized spacial score (nSPS) is 28.7. The third-order valence-electron chi connectivity index (χ3n) is 2.71.